The second kappa shape index (κ2) is 5.59. The molecule has 1 aromatic carbocycles. The van der Waals surface area contributed by atoms with Crippen LogP contribution in [0.2, 0.25) is 0 Å². The maximum absolute atomic E-state index is 13.1. The van der Waals surface area contributed by atoms with E-state index in [1.54, 1.807) is 12.1 Å². The van der Waals surface area contributed by atoms with E-state index in [4.69, 9.17) is 5.11 Å². The third-order valence-electron chi connectivity index (χ3n) is 3.60. The third kappa shape index (κ3) is 2.69. The van der Waals surface area contributed by atoms with Crippen LogP contribution in [0.5, 0.6) is 0 Å². The van der Waals surface area contributed by atoms with E-state index >= 15 is 0 Å². The average molecular weight is 303 g/mol. The van der Waals surface area contributed by atoms with E-state index in [2.05, 4.69) is 9.97 Å². The number of aliphatic carboxylic acids is 1. The van der Waals surface area contributed by atoms with E-state index in [0.717, 1.165) is 0 Å². The topological polar surface area (TPSA) is 86.3 Å². The Balaban J connectivity index is 1.66. The summed E-state index contributed by atoms with van der Waals surface area (Å²) in [4.78, 5) is 31.7. The molecule has 2 N–H and O–H groups in total. The molecule has 114 valence electrons. The zero-order valence-corrected chi connectivity index (χ0v) is 11.6. The van der Waals surface area contributed by atoms with Crippen molar-refractivity contribution in [1.29, 1.82) is 0 Å². The number of carbonyl (C=O) groups is 2. The number of nitrogens with one attached hydrogen (secondary N) is 1. The van der Waals surface area contributed by atoms with Crippen LogP contribution in [0, 0.1) is 5.82 Å². The summed E-state index contributed by atoms with van der Waals surface area (Å²) >= 11 is 0. The predicted octanol–water partition coefficient (Wildman–Crippen LogP) is 1.49. The van der Waals surface area contributed by atoms with Crippen molar-refractivity contribution in [2.24, 2.45) is 0 Å². The number of aryl methyl sites for hydroxylation is 1. The average Bonchev–Trinajstić information content (AvgIpc) is 3.10. The van der Waals surface area contributed by atoms with Crippen LogP contribution in [0.25, 0.3) is 11.0 Å². The summed E-state index contributed by atoms with van der Waals surface area (Å²) < 4.78 is 13.1. The fourth-order valence-electron chi connectivity index (χ4n) is 2.52. The van der Waals surface area contributed by atoms with E-state index < -0.39 is 12.0 Å². The van der Waals surface area contributed by atoms with Crippen molar-refractivity contribution >= 4 is 22.9 Å². The van der Waals surface area contributed by atoms with Gasteiger partial charge in [0.2, 0.25) is 5.91 Å². The van der Waals surface area contributed by atoms with Crippen LogP contribution < -0.4 is 0 Å². The molecule has 0 fully saturated rings. The minimum absolute atomic E-state index is 0.147. The number of carboxylic acids is 1. The molecule has 2 aromatic rings. The first-order valence-corrected chi connectivity index (χ1v) is 6.87. The van der Waals surface area contributed by atoms with Crippen LogP contribution in [0.1, 0.15) is 12.2 Å². The number of carbonyl (C=O) groups excluding carboxylic acids is 1. The lowest BCUT2D eigenvalue weighted by atomic mass is 10.2. The van der Waals surface area contributed by atoms with Gasteiger partial charge in [-0.3, -0.25) is 4.79 Å². The smallest absolute Gasteiger partial charge is 0.330 e. The van der Waals surface area contributed by atoms with Crippen LogP contribution in [0.4, 0.5) is 4.39 Å². The van der Waals surface area contributed by atoms with Crippen LogP contribution >= 0.6 is 0 Å². The lowest BCUT2D eigenvalue weighted by Crippen LogP contribution is -2.40. The summed E-state index contributed by atoms with van der Waals surface area (Å²) in [5.74, 6) is -1.07. The second-order valence-corrected chi connectivity index (χ2v) is 5.10. The van der Waals surface area contributed by atoms with Gasteiger partial charge in [0.05, 0.1) is 11.0 Å². The van der Waals surface area contributed by atoms with Crippen LogP contribution in [-0.4, -0.2) is 44.4 Å². The van der Waals surface area contributed by atoms with E-state index in [1.807, 2.05) is 0 Å². The van der Waals surface area contributed by atoms with Crippen molar-refractivity contribution in [1.82, 2.24) is 14.9 Å². The first kappa shape index (κ1) is 14.2. The Bertz CT molecular complexity index is 768. The molecule has 1 aliphatic rings. The van der Waals surface area contributed by atoms with Crippen LogP contribution in [-0.2, 0) is 16.0 Å². The third-order valence-corrected chi connectivity index (χ3v) is 3.60. The molecule has 2 heterocycles. The molecule has 0 radical (unpaired) electrons. The number of benzene rings is 1. The molecule has 0 bridgehead atoms. The highest BCUT2D eigenvalue weighted by molar-refractivity contribution is 5.86. The van der Waals surface area contributed by atoms with E-state index in [0.29, 0.717) is 29.8 Å². The Hall–Kier alpha value is -2.70. The van der Waals surface area contributed by atoms with Gasteiger partial charge in [-0.15, -0.1) is 0 Å². The quantitative estimate of drug-likeness (QED) is 0.838. The highest BCUT2D eigenvalue weighted by Gasteiger charge is 2.29. The Kier molecular flexibility index (Phi) is 3.62. The number of hydrogen-bond donors (Lipinski definition) is 2. The summed E-state index contributed by atoms with van der Waals surface area (Å²) in [6.45, 7) is 0.307. The highest BCUT2D eigenvalue weighted by Crippen LogP contribution is 2.16. The van der Waals surface area contributed by atoms with Gasteiger partial charge in [-0.05, 0) is 18.2 Å². The van der Waals surface area contributed by atoms with Crippen molar-refractivity contribution in [2.75, 3.05) is 6.54 Å². The lowest BCUT2D eigenvalue weighted by Gasteiger charge is -2.21. The Morgan fingerprint density at radius 1 is 1.45 bits per heavy atom. The fraction of sp³-hybridized carbons (Fsp3) is 0.267. The van der Waals surface area contributed by atoms with Gasteiger partial charge in [-0.1, -0.05) is 12.2 Å². The predicted molar refractivity (Wildman–Crippen MR) is 76.6 cm³/mol. The van der Waals surface area contributed by atoms with Crippen molar-refractivity contribution < 1.29 is 19.1 Å². The number of amides is 1. The van der Waals surface area contributed by atoms with Crippen molar-refractivity contribution in [3.8, 4) is 0 Å². The number of aromatic amines is 1. The van der Waals surface area contributed by atoms with Gasteiger partial charge in [-0.25, -0.2) is 14.2 Å². The van der Waals surface area contributed by atoms with Crippen LogP contribution in [0.3, 0.4) is 0 Å². The maximum Gasteiger partial charge on any atom is 0.330 e. The van der Waals surface area contributed by atoms with Crippen molar-refractivity contribution in [3.05, 3.63) is 42.0 Å². The first-order chi connectivity index (χ1) is 10.5. The van der Waals surface area contributed by atoms with Gasteiger partial charge in [-0.2, -0.15) is 0 Å². The molecule has 6 nitrogen and oxygen atoms in total. The van der Waals surface area contributed by atoms with Crippen molar-refractivity contribution in [2.45, 2.75) is 18.9 Å². The number of nitrogens with zero attached hydrogens (tertiary/aromatic N) is 2. The van der Waals surface area contributed by atoms with Crippen molar-refractivity contribution in [3.63, 3.8) is 0 Å². The van der Waals surface area contributed by atoms with E-state index in [1.165, 1.54) is 23.1 Å². The van der Waals surface area contributed by atoms with Gasteiger partial charge in [0, 0.05) is 19.4 Å². The summed E-state index contributed by atoms with van der Waals surface area (Å²) in [7, 11) is 0. The monoisotopic (exact) mass is 303 g/mol. The van der Waals surface area contributed by atoms with Gasteiger partial charge < -0.3 is 15.0 Å². The lowest BCUT2D eigenvalue weighted by molar-refractivity contribution is -0.146. The highest BCUT2D eigenvalue weighted by atomic mass is 19.1. The molecular formula is C15H14FN3O3. The zero-order chi connectivity index (χ0) is 15.7. The number of H-pyrrole nitrogens is 1. The molecule has 1 atom stereocenters. The molecule has 1 aromatic heterocycles. The largest absolute Gasteiger partial charge is 0.479 e. The Morgan fingerprint density at radius 3 is 3.05 bits per heavy atom. The molecule has 1 amide bonds. The first-order valence-electron chi connectivity index (χ1n) is 6.87. The number of hydrogen-bond acceptors (Lipinski definition) is 3. The van der Waals surface area contributed by atoms with Gasteiger partial charge in [0.25, 0.3) is 0 Å². The summed E-state index contributed by atoms with van der Waals surface area (Å²) in [6.07, 6.45) is 3.66. The molecule has 1 aliphatic heterocycles. The summed E-state index contributed by atoms with van der Waals surface area (Å²) in [5, 5.41) is 9.04. The van der Waals surface area contributed by atoms with E-state index in [-0.39, 0.29) is 18.1 Å². The maximum atomic E-state index is 13.1. The van der Waals surface area contributed by atoms with Crippen LogP contribution in [0.15, 0.2) is 30.4 Å². The fourth-order valence-corrected chi connectivity index (χ4v) is 2.52. The van der Waals surface area contributed by atoms with Gasteiger partial charge in [0.1, 0.15) is 17.7 Å². The number of halogens is 1. The number of fused-ring (bicyclic) bond motifs is 1. The molecule has 22 heavy (non-hydrogen) atoms. The molecule has 7 heteroatoms. The number of carboxylic acid groups (broad SMARTS) is 1. The number of aromatic nitrogens is 2. The standard InChI is InChI=1S/C15H14FN3O3/c16-9-3-4-10-11(8-9)18-13(17-10)5-6-14(20)19-7-1-2-12(19)15(21)22/h1-4,8,12H,5-7H2,(H,17,18)(H,21,22)/t12-/m0/s1. The summed E-state index contributed by atoms with van der Waals surface area (Å²) in [6, 6.07) is 3.35. The minimum Gasteiger partial charge on any atom is -0.479 e. The molecule has 0 aliphatic carbocycles. The molecule has 3 rings (SSSR count). The molecule has 0 saturated carbocycles. The zero-order valence-electron chi connectivity index (χ0n) is 11.6. The SMILES string of the molecule is O=C(O)[C@@H]1C=CCN1C(=O)CCc1nc2ccc(F)cc2[nH]1. The van der Waals surface area contributed by atoms with E-state index in [9.17, 15) is 14.0 Å². The normalized spacial score (nSPS) is 17.3. The Labute approximate surface area is 125 Å². The minimum atomic E-state index is -1.04. The van der Waals surface area contributed by atoms with Gasteiger partial charge in [0.15, 0.2) is 0 Å². The molecular weight excluding hydrogens is 289 g/mol. The Morgan fingerprint density at radius 2 is 2.27 bits per heavy atom. The number of rotatable bonds is 4. The summed E-state index contributed by atoms with van der Waals surface area (Å²) in [5.41, 5.74) is 1.21. The molecule has 0 saturated heterocycles. The molecule has 0 spiro atoms. The molecule has 0 unspecified atom stereocenters. The van der Waals surface area contributed by atoms with Gasteiger partial charge >= 0.3 is 5.97 Å². The number of imidazole rings is 1. The second-order valence-electron chi connectivity index (χ2n) is 5.10.